The Morgan fingerprint density at radius 2 is 1.57 bits per heavy atom. The molecule has 0 unspecified atom stereocenters. The molecule has 138 valence electrons. The van der Waals surface area contributed by atoms with E-state index in [1.165, 1.54) is 18.2 Å². The summed E-state index contributed by atoms with van der Waals surface area (Å²) in [6.07, 6.45) is 0. The molecule has 0 aromatic heterocycles. The zero-order valence-electron chi connectivity index (χ0n) is 14.2. The molecule has 0 heterocycles. The average Bonchev–Trinajstić information content (AvgIpc) is 2.66. The number of nitrogens with zero attached hydrogens (tertiary/aromatic N) is 1. The van der Waals surface area contributed by atoms with E-state index in [1.807, 2.05) is 0 Å². The lowest BCUT2D eigenvalue weighted by atomic mass is 9.82. The van der Waals surface area contributed by atoms with Crippen LogP contribution in [0.2, 0.25) is 0 Å². The van der Waals surface area contributed by atoms with Gasteiger partial charge in [-0.2, -0.15) is 0 Å². The molecule has 4 rings (SSSR count). The van der Waals surface area contributed by atoms with Gasteiger partial charge in [0.15, 0.2) is 11.6 Å². The van der Waals surface area contributed by atoms with Gasteiger partial charge < -0.3 is 15.5 Å². The lowest BCUT2D eigenvalue weighted by Crippen LogP contribution is -2.21. The summed E-state index contributed by atoms with van der Waals surface area (Å²) >= 11 is 0. The van der Waals surface area contributed by atoms with Crippen LogP contribution in [0, 0.1) is 10.1 Å². The van der Waals surface area contributed by atoms with Crippen LogP contribution in [0.1, 0.15) is 31.8 Å². The Hall–Kier alpha value is -4.20. The van der Waals surface area contributed by atoms with Crippen LogP contribution in [0.25, 0.3) is 0 Å². The predicted octanol–water partition coefficient (Wildman–Crippen LogP) is 3.53. The molecule has 8 nitrogen and oxygen atoms in total. The zero-order valence-corrected chi connectivity index (χ0v) is 14.2. The smallest absolute Gasteiger partial charge is 0.334 e. The largest absolute Gasteiger partial charge is 0.508 e. The molecule has 0 saturated heterocycles. The SMILES string of the molecule is O=C1c2ccc(O)cc2C(=O)c2c1cc(Nc1ccccc1)c([N+](=O)[O-])c2O. The second-order valence-corrected chi connectivity index (χ2v) is 6.18. The van der Waals surface area contributed by atoms with Crippen molar-refractivity contribution in [2.24, 2.45) is 0 Å². The second kappa shape index (κ2) is 6.20. The van der Waals surface area contributed by atoms with E-state index < -0.39 is 33.5 Å². The van der Waals surface area contributed by atoms with Gasteiger partial charge in [0.2, 0.25) is 5.75 Å². The summed E-state index contributed by atoms with van der Waals surface area (Å²) in [4.78, 5) is 36.4. The fourth-order valence-corrected chi connectivity index (χ4v) is 3.22. The predicted molar refractivity (Wildman–Crippen MR) is 99.5 cm³/mol. The lowest BCUT2D eigenvalue weighted by Gasteiger charge is -2.20. The monoisotopic (exact) mass is 376 g/mol. The number of hydrogen-bond acceptors (Lipinski definition) is 7. The number of carbonyl (C=O) groups excluding carboxylic acids is 2. The van der Waals surface area contributed by atoms with Crippen LogP contribution in [0.4, 0.5) is 17.1 Å². The van der Waals surface area contributed by atoms with Crippen molar-refractivity contribution in [3.8, 4) is 11.5 Å². The maximum Gasteiger partial charge on any atom is 0.334 e. The molecule has 3 N–H and O–H groups in total. The summed E-state index contributed by atoms with van der Waals surface area (Å²) in [7, 11) is 0. The highest BCUT2D eigenvalue weighted by Crippen LogP contribution is 2.44. The molecule has 0 radical (unpaired) electrons. The average molecular weight is 376 g/mol. The molecular formula is C20H12N2O6. The van der Waals surface area contributed by atoms with Crippen molar-refractivity contribution in [1.82, 2.24) is 0 Å². The van der Waals surface area contributed by atoms with E-state index >= 15 is 0 Å². The summed E-state index contributed by atoms with van der Waals surface area (Å²) in [5.41, 5.74) is -0.994. The summed E-state index contributed by atoms with van der Waals surface area (Å²) in [5.74, 6) is -2.48. The third-order valence-electron chi connectivity index (χ3n) is 4.47. The van der Waals surface area contributed by atoms with E-state index in [-0.39, 0.29) is 28.1 Å². The third-order valence-corrected chi connectivity index (χ3v) is 4.47. The van der Waals surface area contributed by atoms with Crippen molar-refractivity contribution in [2.45, 2.75) is 0 Å². The fraction of sp³-hybridized carbons (Fsp3) is 0. The molecule has 0 fully saturated rings. The number of ketones is 2. The Balaban J connectivity index is 1.96. The molecule has 0 aliphatic heterocycles. The van der Waals surface area contributed by atoms with Crippen LogP contribution in [0.15, 0.2) is 54.6 Å². The van der Waals surface area contributed by atoms with Crippen molar-refractivity contribution in [2.75, 3.05) is 5.32 Å². The first-order valence-corrected chi connectivity index (χ1v) is 8.17. The van der Waals surface area contributed by atoms with Gasteiger partial charge in [-0.1, -0.05) is 18.2 Å². The summed E-state index contributed by atoms with van der Waals surface area (Å²) < 4.78 is 0. The zero-order chi connectivity index (χ0) is 20.0. The highest BCUT2D eigenvalue weighted by molar-refractivity contribution is 6.30. The Kier molecular flexibility index (Phi) is 3.82. The molecule has 0 amide bonds. The Morgan fingerprint density at radius 1 is 0.857 bits per heavy atom. The minimum absolute atomic E-state index is 0.0502. The molecule has 3 aromatic rings. The Bertz CT molecular complexity index is 1170. The normalized spacial score (nSPS) is 12.3. The minimum Gasteiger partial charge on any atom is -0.508 e. The van der Waals surface area contributed by atoms with Crippen molar-refractivity contribution < 1.29 is 24.7 Å². The van der Waals surface area contributed by atoms with Gasteiger partial charge in [0, 0.05) is 22.4 Å². The number of rotatable bonds is 3. The summed E-state index contributed by atoms with van der Waals surface area (Å²) in [5, 5.41) is 34.5. The molecular weight excluding hydrogens is 364 g/mol. The number of nitro benzene ring substituents is 1. The minimum atomic E-state index is -0.895. The van der Waals surface area contributed by atoms with Crippen molar-refractivity contribution in [3.63, 3.8) is 0 Å². The number of nitrogens with one attached hydrogen (secondary N) is 1. The van der Waals surface area contributed by atoms with Crippen molar-refractivity contribution in [3.05, 3.63) is 87.0 Å². The van der Waals surface area contributed by atoms with E-state index in [9.17, 15) is 29.9 Å². The maximum atomic E-state index is 12.9. The number of anilines is 2. The lowest BCUT2D eigenvalue weighted by molar-refractivity contribution is -0.384. The molecule has 28 heavy (non-hydrogen) atoms. The summed E-state index contributed by atoms with van der Waals surface area (Å²) in [6.45, 7) is 0. The molecule has 0 bridgehead atoms. The van der Waals surface area contributed by atoms with Gasteiger partial charge in [-0.25, -0.2) is 0 Å². The van der Waals surface area contributed by atoms with E-state index in [4.69, 9.17) is 0 Å². The van der Waals surface area contributed by atoms with Crippen LogP contribution in [-0.2, 0) is 0 Å². The van der Waals surface area contributed by atoms with Gasteiger partial charge in [0.05, 0.1) is 10.5 Å². The van der Waals surface area contributed by atoms with Crippen LogP contribution in [-0.4, -0.2) is 26.7 Å². The Labute approximate surface area is 157 Å². The number of para-hydroxylation sites is 1. The van der Waals surface area contributed by atoms with Gasteiger partial charge in [-0.15, -0.1) is 0 Å². The van der Waals surface area contributed by atoms with Crippen molar-refractivity contribution in [1.29, 1.82) is 0 Å². The number of aromatic hydroxyl groups is 2. The number of hydrogen-bond donors (Lipinski definition) is 3. The number of nitro groups is 1. The number of carbonyl (C=O) groups is 2. The third kappa shape index (κ3) is 2.55. The first kappa shape index (κ1) is 17.2. The number of fused-ring (bicyclic) bond motifs is 2. The molecule has 0 spiro atoms. The van der Waals surface area contributed by atoms with Gasteiger partial charge in [-0.05, 0) is 36.4 Å². The highest BCUT2D eigenvalue weighted by Gasteiger charge is 2.37. The second-order valence-electron chi connectivity index (χ2n) is 6.18. The van der Waals surface area contributed by atoms with Gasteiger partial charge in [-0.3, -0.25) is 19.7 Å². The van der Waals surface area contributed by atoms with Crippen LogP contribution >= 0.6 is 0 Å². The van der Waals surface area contributed by atoms with Gasteiger partial charge in [0.1, 0.15) is 11.4 Å². The maximum absolute atomic E-state index is 12.9. The van der Waals surface area contributed by atoms with E-state index in [0.29, 0.717) is 5.69 Å². The van der Waals surface area contributed by atoms with E-state index in [2.05, 4.69) is 5.32 Å². The number of phenols is 2. The quantitative estimate of drug-likeness (QED) is 0.368. The molecule has 8 heteroatoms. The number of phenolic OH excluding ortho intramolecular Hbond substituents is 2. The number of benzene rings is 3. The van der Waals surface area contributed by atoms with Gasteiger partial charge in [0.25, 0.3) is 0 Å². The fourth-order valence-electron chi connectivity index (χ4n) is 3.22. The van der Waals surface area contributed by atoms with E-state index in [0.717, 1.165) is 6.07 Å². The van der Waals surface area contributed by atoms with E-state index in [1.54, 1.807) is 30.3 Å². The standard InChI is InChI=1S/C20H12N2O6/c23-11-6-7-12-13(8-11)19(25)16-14(18(12)24)9-15(17(20(16)26)22(27)28)21-10-4-2-1-3-5-10/h1-9,21,23,26H. The first-order chi connectivity index (χ1) is 13.4. The molecule has 1 aliphatic rings. The summed E-state index contributed by atoms with van der Waals surface area (Å²) in [6, 6.07) is 13.4. The Morgan fingerprint density at radius 3 is 2.25 bits per heavy atom. The van der Waals surface area contributed by atoms with Gasteiger partial charge >= 0.3 is 5.69 Å². The first-order valence-electron chi connectivity index (χ1n) is 8.17. The molecule has 1 aliphatic carbocycles. The highest BCUT2D eigenvalue weighted by atomic mass is 16.6. The molecule has 0 saturated carbocycles. The van der Waals surface area contributed by atoms with Crippen molar-refractivity contribution >= 4 is 28.6 Å². The van der Waals surface area contributed by atoms with Crippen LogP contribution < -0.4 is 5.32 Å². The van der Waals surface area contributed by atoms with Crippen LogP contribution in [0.5, 0.6) is 11.5 Å². The topological polar surface area (TPSA) is 130 Å². The molecule has 3 aromatic carbocycles. The van der Waals surface area contributed by atoms with Crippen LogP contribution in [0.3, 0.4) is 0 Å². The molecule has 0 atom stereocenters.